The van der Waals surface area contributed by atoms with Crippen molar-refractivity contribution in [2.45, 2.75) is 52.6 Å². The summed E-state index contributed by atoms with van der Waals surface area (Å²) in [7, 11) is 0. The molecule has 4 nitrogen and oxygen atoms in total. The number of anilines is 1. The molecule has 1 aromatic carbocycles. The molecule has 1 saturated heterocycles. The molecule has 1 heterocycles. The standard InChI is InChI=1S/C19H31N3O.ClH/c1-4-15(3)18(20)19(23)21-17-7-5-16(6-8-17)13-22-11-9-14(2)10-12-22;/h5-8,14-15,18H,4,9-13,20H2,1-3H3,(H,21,23);1H. The van der Waals surface area contributed by atoms with Crippen molar-refractivity contribution in [2.24, 2.45) is 17.6 Å². The highest BCUT2D eigenvalue weighted by Gasteiger charge is 2.19. The van der Waals surface area contributed by atoms with Crippen LogP contribution in [0.4, 0.5) is 5.69 Å². The molecule has 0 radical (unpaired) electrons. The lowest BCUT2D eigenvalue weighted by Crippen LogP contribution is -2.40. The number of benzene rings is 1. The third-order valence-electron chi connectivity index (χ3n) is 5.06. The third kappa shape index (κ3) is 6.08. The van der Waals surface area contributed by atoms with E-state index in [4.69, 9.17) is 5.73 Å². The molecule has 0 spiro atoms. The molecule has 3 N–H and O–H groups in total. The van der Waals surface area contributed by atoms with Crippen molar-refractivity contribution in [1.29, 1.82) is 0 Å². The molecular formula is C19H32ClN3O. The van der Waals surface area contributed by atoms with Gasteiger partial charge in [0.2, 0.25) is 5.91 Å². The van der Waals surface area contributed by atoms with Crippen LogP contribution in [0.2, 0.25) is 0 Å². The fraction of sp³-hybridized carbons (Fsp3) is 0.632. The second-order valence-electron chi connectivity index (χ2n) is 7.06. The summed E-state index contributed by atoms with van der Waals surface area (Å²) in [5.74, 6) is 0.950. The van der Waals surface area contributed by atoms with E-state index in [1.165, 1.54) is 31.5 Å². The molecule has 2 unspecified atom stereocenters. The molecule has 2 rings (SSSR count). The Morgan fingerprint density at radius 2 is 1.88 bits per heavy atom. The molecule has 2 atom stereocenters. The molecule has 1 aromatic rings. The molecule has 1 aliphatic heterocycles. The van der Waals surface area contributed by atoms with Gasteiger partial charge < -0.3 is 11.1 Å². The zero-order valence-electron chi connectivity index (χ0n) is 15.1. The number of piperidine rings is 1. The molecular weight excluding hydrogens is 322 g/mol. The van der Waals surface area contributed by atoms with Crippen molar-refractivity contribution in [3.63, 3.8) is 0 Å². The van der Waals surface area contributed by atoms with E-state index in [1.54, 1.807) is 0 Å². The maximum atomic E-state index is 12.1. The van der Waals surface area contributed by atoms with Gasteiger partial charge >= 0.3 is 0 Å². The van der Waals surface area contributed by atoms with E-state index in [-0.39, 0.29) is 24.2 Å². The van der Waals surface area contributed by atoms with Crippen molar-refractivity contribution < 1.29 is 4.79 Å². The van der Waals surface area contributed by atoms with Crippen molar-refractivity contribution >= 4 is 24.0 Å². The van der Waals surface area contributed by atoms with Crippen molar-refractivity contribution in [3.05, 3.63) is 29.8 Å². The summed E-state index contributed by atoms with van der Waals surface area (Å²) < 4.78 is 0. The topological polar surface area (TPSA) is 58.4 Å². The van der Waals surface area contributed by atoms with Crippen molar-refractivity contribution in [1.82, 2.24) is 4.90 Å². The minimum absolute atomic E-state index is 0. The Morgan fingerprint density at radius 1 is 1.29 bits per heavy atom. The fourth-order valence-corrected chi connectivity index (χ4v) is 2.91. The number of rotatable bonds is 6. The smallest absolute Gasteiger partial charge is 0.241 e. The first kappa shape index (κ1) is 20.9. The van der Waals surface area contributed by atoms with Crippen LogP contribution in [0.1, 0.15) is 45.6 Å². The Morgan fingerprint density at radius 3 is 2.42 bits per heavy atom. The van der Waals surface area contributed by atoms with Gasteiger partial charge in [-0.3, -0.25) is 9.69 Å². The van der Waals surface area contributed by atoms with Crippen LogP contribution in [0.25, 0.3) is 0 Å². The van der Waals surface area contributed by atoms with Crippen LogP contribution in [-0.2, 0) is 11.3 Å². The summed E-state index contributed by atoms with van der Waals surface area (Å²) in [5, 5.41) is 2.92. The molecule has 1 amide bonds. The van der Waals surface area contributed by atoms with Crippen molar-refractivity contribution in [3.8, 4) is 0 Å². The van der Waals surface area contributed by atoms with E-state index in [0.29, 0.717) is 0 Å². The maximum absolute atomic E-state index is 12.1. The number of amides is 1. The average molecular weight is 354 g/mol. The summed E-state index contributed by atoms with van der Waals surface area (Å²) in [6.07, 6.45) is 3.49. The first-order chi connectivity index (χ1) is 11.0. The van der Waals surface area contributed by atoms with Crippen LogP contribution >= 0.6 is 12.4 Å². The van der Waals surface area contributed by atoms with Gasteiger partial charge in [0.25, 0.3) is 0 Å². The Labute approximate surface area is 152 Å². The summed E-state index contributed by atoms with van der Waals surface area (Å²) in [6, 6.07) is 7.70. The normalized spacial score (nSPS) is 18.5. The van der Waals surface area contributed by atoms with Gasteiger partial charge in [0.1, 0.15) is 0 Å². The molecule has 0 saturated carbocycles. The van der Waals surface area contributed by atoms with Crippen LogP contribution in [0.5, 0.6) is 0 Å². The lowest BCUT2D eigenvalue weighted by atomic mass is 9.99. The summed E-state index contributed by atoms with van der Waals surface area (Å²) in [5.41, 5.74) is 8.08. The summed E-state index contributed by atoms with van der Waals surface area (Å²) in [4.78, 5) is 14.6. The second-order valence-corrected chi connectivity index (χ2v) is 7.06. The van der Waals surface area contributed by atoms with Crippen LogP contribution in [0, 0.1) is 11.8 Å². The van der Waals surface area contributed by atoms with Gasteiger partial charge in [-0.1, -0.05) is 39.3 Å². The number of halogens is 1. The monoisotopic (exact) mass is 353 g/mol. The quantitative estimate of drug-likeness (QED) is 0.820. The number of carbonyl (C=O) groups is 1. The first-order valence-electron chi connectivity index (χ1n) is 8.87. The molecule has 0 bridgehead atoms. The molecule has 0 aliphatic carbocycles. The SMILES string of the molecule is CCC(C)C(N)C(=O)Nc1ccc(CN2CCC(C)CC2)cc1.Cl. The number of carbonyl (C=O) groups excluding carboxylic acids is 1. The minimum Gasteiger partial charge on any atom is -0.325 e. The number of nitrogens with two attached hydrogens (primary N) is 1. The van der Waals surface area contributed by atoms with E-state index in [0.717, 1.165) is 24.6 Å². The highest BCUT2D eigenvalue weighted by molar-refractivity contribution is 5.94. The third-order valence-corrected chi connectivity index (χ3v) is 5.06. The molecule has 1 aliphatic rings. The second kappa shape index (κ2) is 10.0. The Hall–Kier alpha value is -1.10. The van der Waals surface area contributed by atoms with Gasteiger partial charge in [-0.05, 0) is 55.5 Å². The number of hydrogen-bond acceptors (Lipinski definition) is 3. The van der Waals surface area contributed by atoms with E-state index in [2.05, 4.69) is 29.3 Å². The molecule has 0 aromatic heterocycles. The number of hydrogen-bond donors (Lipinski definition) is 2. The largest absolute Gasteiger partial charge is 0.325 e. The zero-order chi connectivity index (χ0) is 16.8. The molecule has 24 heavy (non-hydrogen) atoms. The fourth-order valence-electron chi connectivity index (χ4n) is 2.91. The van der Waals surface area contributed by atoms with Crippen LogP contribution in [-0.4, -0.2) is 29.9 Å². The summed E-state index contributed by atoms with van der Waals surface area (Å²) in [6.45, 7) is 9.75. The van der Waals surface area contributed by atoms with Crippen LogP contribution in [0.15, 0.2) is 24.3 Å². The van der Waals surface area contributed by atoms with Gasteiger partial charge in [0, 0.05) is 12.2 Å². The molecule has 136 valence electrons. The lowest BCUT2D eigenvalue weighted by Gasteiger charge is -2.30. The van der Waals surface area contributed by atoms with E-state index in [1.807, 2.05) is 26.0 Å². The summed E-state index contributed by atoms with van der Waals surface area (Å²) >= 11 is 0. The van der Waals surface area contributed by atoms with E-state index in [9.17, 15) is 4.79 Å². The van der Waals surface area contributed by atoms with Gasteiger partial charge in [-0.2, -0.15) is 0 Å². The van der Waals surface area contributed by atoms with Gasteiger partial charge in [0.15, 0.2) is 0 Å². The van der Waals surface area contributed by atoms with Gasteiger partial charge in [-0.25, -0.2) is 0 Å². The predicted molar refractivity (Wildman–Crippen MR) is 103 cm³/mol. The van der Waals surface area contributed by atoms with Crippen LogP contribution < -0.4 is 11.1 Å². The van der Waals surface area contributed by atoms with Crippen molar-refractivity contribution in [2.75, 3.05) is 18.4 Å². The molecule has 5 heteroatoms. The predicted octanol–water partition coefficient (Wildman–Crippen LogP) is 3.65. The number of likely N-dealkylation sites (tertiary alicyclic amines) is 1. The number of nitrogens with zero attached hydrogens (tertiary/aromatic N) is 1. The highest BCUT2D eigenvalue weighted by Crippen LogP contribution is 2.19. The zero-order valence-corrected chi connectivity index (χ0v) is 15.9. The number of nitrogens with one attached hydrogen (secondary N) is 1. The lowest BCUT2D eigenvalue weighted by molar-refractivity contribution is -0.118. The molecule has 1 fully saturated rings. The highest BCUT2D eigenvalue weighted by atomic mass is 35.5. The van der Waals surface area contributed by atoms with Gasteiger partial charge in [0.05, 0.1) is 6.04 Å². The Kier molecular flexibility index (Phi) is 8.74. The average Bonchev–Trinajstić information content (AvgIpc) is 2.57. The van der Waals surface area contributed by atoms with Crippen LogP contribution in [0.3, 0.4) is 0 Å². The first-order valence-corrected chi connectivity index (χ1v) is 8.87. The Balaban J connectivity index is 0.00000288. The van der Waals surface area contributed by atoms with E-state index < -0.39 is 6.04 Å². The Bertz CT molecular complexity index is 498. The maximum Gasteiger partial charge on any atom is 0.241 e. The van der Waals surface area contributed by atoms with Gasteiger partial charge in [-0.15, -0.1) is 12.4 Å². The minimum atomic E-state index is -0.449. The van der Waals surface area contributed by atoms with E-state index >= 15 is 0 Å².